The zero-order valence-corrected chi connectivity index (χ0v) is 11.1. The smallest absolute Gasteiger partial charge is 0.292 e. The van der Waals surface area contributed by atoms with Gasteiger partial charge in [-0.15, -0.1) is 0 Å². The van der Waals surface area contributed by atoms with E-state index in [1.165, 1.54) is 12.8 Å². The molecule has 1 aliphatic rings. The average molecular weight is 265 g/mol. The maximum Gasteiger partial charge on any atom is 0.292 e. The maximum absolute atomic E-state index is 11.0. The van der Waals surface area contributed by atoms with Crippen molar-refractivity contribution in [2.75, 3.05) is 43.6 Å². The molecule has 0 bridgehead atoms. The molecule has 0 amide bonds. The first-order valence-corrected chi connectivity index (χ1v) is 6.48. The SMILES string of the molecule is COCCNc1cc(N2CCCC2)ccc1[N+](=O)[O-]. The normalized spacial score (nSPS) is 14.7. The molecule has 0 atom stereocenters. The summed E-state index contributed by atoms with van der Waals surface area (Å²) in [4.78, 5) is 12.9. The van der Waals surface area contributed by atoms with E-state index in [0.29, 0.717) is 18.8 Å². The van der Waals surface area contributed by atoms with Crippen molar-refractivity contribution in [3.8, 4) is 0 Å². The van der Waals surface area contributed by atoms with Crippen molar-refractivity contribution in [1.82, 2.24) is 0 Å². The summed E-state index contributed by atoms with van der Waals surface area (Å²) in [7, 11) is 1.61. The fraction of sp³-hybridized carbons (Fsp3) is 0.538. The van der Waals surface area contributed by atoms with Crippen molar-refractivity contribution in [2.24, 2.45) is 0 Å². The summed E-state index contributed by atoms with van der Waals surface area (Å²) in [6.45, 7) is 3.12. The van der Waals surface area contributed by atoms with Crippen molar-refractivity contribution in [3.63, 3.8) is 0 Å². The summed E-state index contributed by atoms with van der Waals surface area (Å²) in [5, 5.41) is 14.1. The van der Waals surface area contributed by atoms with Gasteiger partial charge in [-0.2, -0.15) is 0 Å². The number of methoxy groups -OCH3 is 1. The molecule has 2 rings (SSSR count). The van der Waals surface area contributed by atoms with Gasteiger partial charge in [0, 0.05) is 38.5 Å². The van der Waals surface area contributed by atoms with Crippen LogP contribution in [-0.2, 0) is 4.74 Å². The molecule has 0 unspecified atom stereocenters. The lowest BCUT2D eigenvalue weighted by Crippen LogP contribution is -2.18. The Morgan fingerprint density at radius 1 is 1.42 bits per heavy atom. The molecule has 1 N–H and O–H groups in total. The summed E-state index contributed by atoms with van der Waals surface area (Å²) < 4.78 is 4.95. The predicted octanol–water partition coefficient (Wildman–Crippen LogP) is 2.25. The van der Waals surface area contributed by atoms with Crippen LogP contribution in [-0.4, -0.2) is 38.3 Å². The van der Waals surface area contributed by atoms with E-state index in [1.807, 2.05) is 12.1 Å². The number of nitro benzene ring substituents is 1. The van der Waals surface area contributed by atoms with Crippen LogP contribution in [0.1, 0.15) is 12.8 Å². The van der Waals surface area contributed by atoms with E-state index in [2.05, 4.69) is 10.2 Å². The summed E-state index contributed by atoms with van der Waals surface area (Å²) in [6.07, 6.45) is 2.37. The Balaban J connectivity index is 2.18. The number of nitrogens with zero attached hydrogens (tertiary/aromatic N) is 2. The number of nitrogens with one attached hydrogen (secondary N) is 1. The molecule has 1 aromatic rings. The van der Waals surface area contributed by atoms with Gasteiger partial charge in [-0.05, 0) is 25.0 Å². The second-order valence-corrected chi connectivity index (χ2v) is 4.57. The van der Waals surface area contributed by atoms with Crippen LogP contribution in [0.25, 0.3) is 0 Å². The van der Waals surface area contributed by atoms with Gasteiger partial charge in [-0.3, -0.25) is 10.1 Å². The summed E-state index contributed by atoms with van der Waals surface area (Å²) in [6, 6.07) is 5.26. The highest BCUT2D eigenvalue weighted by molar-refractivity contribution is 5.69. The molecular formula is C13H19N3O3. The van der Waals surface area contributed by atoms with Crippen molar-refractivity contribution in [1.29, 1.82) is 0 Å². The first-order valence-electron chi connectivity index (χ1n) is 6.48. The van der Waals surface area contributed by atoms with Crippen LogP contribution in [0.2, 0.25) is 0 Å². The van der Waals surface area contributed by atoms with E-state index in [-0.39, 0.29) is 10.6 Å². The van der Waals surface area contributed by atoms with Crippen molar-refractivity contribution >= 4 is 17.1 Å². The van der Waals surface area contributed by atoms with E-state index in [1.54, 1.807) is 13.2 Å². The molecule has 1 aliphatic heterocycles. The van der Waals surface area contributed by atoms with Gasteiger partial charge < -0.3 is 15.0 Å². The molecule has 0 aliphatic carbocycles. The van der Waals surface area contributed by atoms with Crippen LogP contribution in [0, 0.1) is 10.1 Å². The molecule has 104 valence electrons. The molecule has 0 aromatic heterocycles. The van der Waals surface area contributed by atoms with E-state index in [4.69, 9.17) is 4.74 Å². The van der Waals surface area contributed by atoms with Crippen molar-refractivity contribution in [2.45, 2.75) is 12.8 Å². The van der Waals surface area contributed by atoms with E-state index < -0.39 is 0 Å². The standard InChI is InChI=1S/C13H19N3O3/c1-19-9-6-14-12-10-11(15-7-2-3-8-15)4-5-13(12)16(17)18/h4-5,10,14H,2-3,6-9H2,1H3. The quantitative estimate of drug-likeness (QED) is 0.485. The Bertz CT molecular complexity index is 445. The largest absolute Gasteiger partial charge is 0.383 e. The minimum atomic E-state index is -0.358. The van der Waals surface area contributed by atoms with Gasteiger partial charge in [0.2, 0.25) is 0 Å². The molecule has 1 heterocycles. The molecule has 0 spiro atoms. The first-order chi connectivity index (χ1) is 9.22. The lowest BCUT2D eigenvalue weighted by Gasteiger charge is -2.18. The van der Waals surface area contributed by atoms with Crippen LogP contribution in [0.4, 0.5) is 17.1 Å². The molecule has 1 fully saturated rings. The summed E-state index contributed by atoms with van der Waals surface area (Å²) in [5.41, 5.74) is 1.72. The molecule has 0 radical (unpaired) electrons. The molecule has 6 nitrogen and oxygen atoms in total. The molecule has 6 heteroatoms. The van der Waals surface area contributed by atoms with Crippen LogP contribution in [0.3, 0.4) is 0 Å². The highest BCUT2D eigenvalue weighted by Gasteiger charge is 2.18. The number of ether oxygens (including phenoxy) is 1. The summed E-state index contributed by atoms with van der Waals surface area (Å²) >= 11 is 0. The lowest BCUT2D eigenvalue weighted by atomic mass is 10.2. The number of hydrogen-bond donors (Lipinski definition) is 1. The molecule has 1 aromatic carbocycles. The van der Waals surface area contributed by atoms with Gasteiger partial charge in [0.25, 0.3) is 5.69 Å². The van der Waals surface area contributed by atoms with Gasteiger partial charge in [0.05, 0.1) is 11.5 Å². The minimum Gasteiger partial charge on any atom is -0.383 e. The zero-order chi connectivity index (χ0) is 13.7. The lowest BCUT2D eigenvalue weighted by molar-refractivity contribution is -0.383. The van der Waals surface area contributed by atoms with E-state index in [0.717, 1.165) is 18.8 Å². The van der Waals surface area contributed by atoms with Crippen LogP contribution < -0.4 is 10.2 Å². The van der Waals surface area contributed by atoms with Crippen LogP contribution in [0.5, 0.6) is 0 Å². The highest BCUT2D eigenvalue weighted by atomic mass is 16.6. The number of benzene rings is 1. The third-order valence-corrected chi connectivity index (χ3v) is 3.27. The van der Waals surface area contributed by atoms with Gasteiger partial charge in [-0.25, -0.2) is 0 Å². The van der Waals surface area contributed by atoms with Gasteiger partial charge in [-0.1, -0.05) is 0 Å². The topological polar surface area (TPSA) is 67.6 Å². The highest BCUT2D eigenvalue weighted by Crippen LogP contribution is 2.30. The minimum absolute atomic E-state index is 0.110. The van der Waals surface area contributed by atoms with Crippen LogP contribution in [0.15, 0.2) is 18.2 Å². The molecule has 19 heavy (non-hydrogen) atoms. The molecule has 0 saturated carbocycles. The van der Waals surface area contributed by atoms with Gasteiger partial charge >= 0.3 is 0 Å². The Hall–Kier alpha value is -1.82. The average Bonchev–Trinajstić information content (AvgIpc) is 2.92. The maximum atomic E-state index is 11.0. The number of anilines is 2. The zero-order valence-electron chi connectivity index (χ0n) is 11.1. The number of nitro groups is 1. The Kier molecular flexibility index (Phi) is 4.57. The Labute approximate surface area is 112 Å². The van der Waals surface area contributed by atoms with Gasteiger partial charge in [0.15, 0.2) is 0 Å². The second-order valence-electron chi connectivity index (χ2n) is 4.57. The van der Waals surface area contributed by atoms with E-state index >= 15 is 0 Å². The van der Waals surface area contributed by atoms with Gasteiger partial charge in [0.1, 0.15) is 5.69 Å². The fourth-order valence-corrected chi connectivity index (χ4v) is 2.28. The first kappa shape index (κ1) is 13.6. The summed E-state index contributed by atoms with van der Waals surface area (Å²) in [5.74, 6) is 0. The third-order valence-electron chi connectivity index (χ3n) is 3.27. The molecular weight excluding hydrogens is 246 g/mol. The van der Waals surface area contributed by atoms with Crippen LogP contribution >= 0.6 is 0 Å². The number of hydrogen-bond acceptors (Lipinski definition) is 5. The number of rotatable bonds is 6. The predicted molar refractivity (Wildman–Crippen MR) is 74.9 cm³/mol. The monoisotopic (exact) mass is 265 g/mol. The Morgan fingerprint density at radius 2 is 2.16 bits per heavy atom. The van der Waals surface area contributed by atoms with Crippen molar-refractivity contribution in [3.05, 3.63) is 28.3 Å². The second kappa shape index (κ2) is 6.38. The molecule has 1 saturated heterocycles. The third kappa shape index (κ3) is 3.35. The fourth-order valence-electron chi connectivity index (χ4n) is 2.28. The Morgan fingerprint density at radius 3 is 2.79 bits per heavy atom. The van der Waals surface area contributed by atoms with E-state index in [9.17, 15) is 10.1 Å². The van der Waals surface area contributed by atoms with Crippen molar-refractivity contribution < 1.29 is 9.66 Å².